The van der Waals surface area contributed by atoms with Crippen LogP contribution in [0.25, 0.3) is 0 Å². The van der Waals surface area contributed by atoms with Crippen molar-refractivity contribution in [3.05, 3.63) is 42.0 Å². The van der Waals surface area contributed by atoms with E-state index in [9.17, 15) is 18.3 Å². The molecule has 0 unspecified atom stereocenters. The van der Waals surface area contributed by atoms with Gasteiger partial charge in [-0.3, -0.25) is 4.79 Å². The number of anilines is 1. The van der Waals surface area contributed by atoms with E-state index in [1.807, 2.05) is 0 Å². The topological polar surface area (TPSA) is 105 Å². The number of phenols is 1. The van der Waals surface area contributed by atoms with E-state index >= 15 is 0 Å². The number of ether oxygens (including phenoxy) is 2. The fourth-order valence-corrected chi connectivity index (χ4v) is 4.77. The Labute approximate surface area is 170 Å². The van der Waals surface area contributed by atoms with Crippen LogP contribution in [0.15, 0.2) is 41.3 Å². The summed E-state index contributed by atoms with van der Waals surface area (Å²) in [6, 6.07) is 9.02. The Balaban J connectivity index is 1.77. The molecule has 29 heavy (non-hydrogen) atoms. The molecule has 2 aromatic carbocycles. The van der Waals surface area contributed by atoms with Crippen molar-refractivity contribution in [2.45, 2.75) is 24.2 Å². The quantitative estimate of drug-likeness (QED) is 0.667. The second kappa shape index (κ2) is 8.71. The lowest BCUT2D eigenvalue weighted by Gasteiger charge is -2.17. The summed E-state index contributed by atoms with van der Waals surface area (Å²) in [5, 5.41) is 12.7. The third-order valence-corrected chi connectivity index (χ3v) is 6.65. The predicted molar refractivity (Wildman–Crippen MR) is 108 cm³/mol. The molecule has 8 nitrogen and oxygen atoms in total. The SMILES string of the molecule is COc1ccc(CC(=O)Nc2cc(S(=O)(=O)N3CCCC3)ccc2O)cc1OC. The second-order valence-electron chi connectivity index (χ2n) is 6.70. The monoisotopic (exact) mass is 420 g/mol. The number of carbonyl (C=O) groups is 1. The van der Waals surface area contributed by atoms with Crippen LogP contribution in [0, 0.1) is 0 Å². The molecule has 1 amide bonds. The standard InChI is InChI=1S/C20H24N2O6S/c1-27-18-8-5-14(11-19(18)28-2)12-20(24)21-16-13-15(6-7-17(16)23)29(25,26)22-9-3-4-10-22/h5-8,11,13,23H,3-4,9-10,12H2,1-2H3,(H,21,24). The first kappa shape index (κ1) is 20.9. The van der Waals surface area contributed by atoms with Gasteiger partial charge in [0.2, 0.25) is 15.9 Å². The zero-order valence-corrected chi connectivity index (χ0v) is 17.2. The number of methoxy groups -OCH3 is 2. The van der Waals surface area contributed by atoms with Crippen LogP contribution in [0.2, 0.25) is 0 Å². The van der Waals surface area contributed by atoms with Crippen molar-refractivity contribution in [3.8, 4) is 17.2 Å². The summed E-state index contributed by atoms with van der Waals surface area (Å²) >= 11 is 0. The molecule has 9 heteroatoms. The molecule has 3 rings (SSSR count). The molecule has 1 heterocycles. The third kappa shape index (κ3) is 4.63. The minimum atomic E-state index is -3.65. The molecule has 0 radical (unpaired) electrons. The number of rotatable bonds is 7. The first-order valence-corrected chi connectivity index (χ1v) is 10.6. The molecule has 2 aromatic rings. The van der Waals surface area contributed by atoms with Crippen LogP contribution in [0.4, 0.5) is 5.69 Å². The number of aromatic hydroxyl groups is 1. The van der Waals surface area contributed by atoms with Gasteiger partial charge in [-0.1, -0.05) is 6.07 Å². The molecule has 0 spiro atoms. The summed E-state index contributed by atoms with van der Waals surface area (Å²) in [6.45, 7) is 0.953. The van der Waals surface area contributed by atoms with Crippen molar-refractivity contribution in [3.63, 3.8) is 0 Å². The number of hydrogen-bond donors (Lipinski definition) is 2. The Morgan fingerprint density at radius 3 is 2.41 bits per heavy atom. The second-order valence-corrected chi connectivity index (χ2v) is 8.64. The number of hydrogen-bond acceptors (Lipinski definition) is 6. The maximum absolute atomic E-state index is 12.7. The number of nitrogens with one attached hydrogen (secondary N) is 1. The van der Waals surface area contributed by atoms with Gasteiger partial charge in [-0.2, -0.15) is 4.31 Å². The smallest absolute Gasteiger partial charge is 0.243 e. The van der Waals surface area contributed by atoms with E-state index in [2.05, 4.69) is 5.32 Å². The summed E-state index contributed by atoms with van der Waals surface area (Å²) in [4.78, 5) is 12.5. The van der Waals surface area contributed by atoms with Gasteiger partial charge >= 0.3 is 0 Å². The maximum atomic E-state index is 12.7. The van der Waals surface area contributed by atoms with Crippen molar-refractivity contribution in [1.29, 1.82) is 0 Å². The number of phenolic OH excluding ortho intramolecular Hbond substituents is 1. The van der Waals surface area contributed by atoms with Gasteiger partial charge in [0.05, 0.1) is 31.2 Å². The van der Waals surface area contributed by atoms with Crippen molar-refractivity contribution < 1.29 is 27.8 Å². The molecule has 1 fully saturated rings. The molecular formula is C20H24N2O6S. The van der Waals surface area contributed by atoms with Gasteiger partial charge in [-0.15, -0.1) is 0 Å². The fraction of sp³-hybridized carbons (Fsp3) is 0.350. The third-order valence-electron chi connectivity index (χ3n) is 4.76. The molecule has 0 aromatic heterocycles. The fourth-order valence-electron chi connectivity index (χ4n) is 3.22. The molecule has 1 saturated heterocycles. The number of nitrogens with zero attached hydrogens (tertiary/aromatic N) is 1. The van der Waals surface area contributed by atoms with Gasteiger partial charge in [0.1, 0.15) is 5.75 Å². The first-order valence-electron chi connectivity index (χ1n) is 9.19. The Kier molecular flexibility index (Phi) is 6.29. The number of benzene rings is 2. The minimum Gasteiger partial charge on any atom is -0.506 e. The molecule has 0 bridgehead atoms. The average molecular weight is 420 g/mol. The molecule has 156 valence electrons. The van der Waals surface area contributed by atoms with Crippen LogP contribution in [-0.4, -0.2) is 51.0 Å². The highest BCUT2D eigenvalue weighted by Crippen LogP contribution is 2.30. The minimum absolute atomic E-state index is 0.0168. The zero-order valence-electron chi connectivity index (χ0n) is 16.3. The highest BCUT2D eigenvalue weighted by Gasteiger charge is 2.28. The van der Waals surface area contributed by atoms with Crippen molar-refractivity contribution in [1.82, 2.24) is 4.31 Å². The largest absolute Gasteiger partial charge is 0.506 e. The highest BCUT2D eigenvalue weighted by molar-refractivity contribution is 7.89. The number of amides is 1. The zero-order chi connectivity index (χ0) is 21.0. The summed E-state index contributed by atoms with van der Waals surface area (Å²) < 4.78 is 37.2. The van der Waals surface area contributed by atoms with Crippen molar-refractivity contribution >= 4 is 21.6 Å². The van der Waals surface area contributed by atoms with Gasteiger partial charge in [0.15, 0.2) is 11.5 Å². The molecule has 2 N–H and O–H groups in total. The Hall–Kier alpha value is -2.78. The van der Waals surface area contributed by atoms with E-state index in [1.54, 1.807) is 18.2 Å². The lowest BCUT2D eigenvalue weighted by molar-refractivity contribution is -0.115. The summed E-state index contributed by atoms with van der Waals surface area (Å²) in [6.07, 6.45) is 1.67. The lowest BCUT2D eigenvalue weighted by atomic mass is 10.1. The highest BCUT2D eigenvalue weighted by atomic mass is 32.2. The Morgan fingerprint density at radius 2 is 1.76 bits per heavy atom. The van der Waals surface area contributed by atoms with E-state index in [-0.39, 0.29) is 22.8 Å². The molecular weight excluding hydrogens is 396 g/mol. The molecule has 0 saturated carbocycles. The Morgan fingerprint density at radius 1 is 1.07 bits per heavy atom. The van der Waals surface area contributed by atoms with Crippen molar-refractivity contribution in [2.24, 2.45) is 0 Å². The number of carbonyl (C=O) groups excluding carboxylic acids is 1. The van der Waals surface area contributed by atoms with Gasteiger partial charge < -0.3 is 19.9 Å². The van der Waals surface area contributed by atoms with Crippen LogP contribution in [0.5, 0.6) is 17.2 Å². The van der Waals surface area contributed by atoms with E-state index in [4.69, 9.17) is 9.47 Å². The van der Waals surface area contributed by atoms with Gasteiger partial charge in [0.25, 0.3) is 0 Å². The van der Waals surface area contributed by atoms with Crippen LogP contribution in [-0.2, 0) is 21.2 Å². The van der Waals surface area contributed by atoms with Gasteiger partial charge in [0, 0.05) is 13.1 Å². The van der Waals surface area contributed by atoms with E-state index < -0.39 is 15.9 Å². The van der Waals surface area contributed by atoms with Crippen LogP contribution >= 0.6 is 0 Å². The summed E-state index contributed by atoms with van der Waals surface area (Å²) in [7, 11) is -0.619. The van der Waals surface area contributed by atoms with E-state index in [0.717, 1.165) is 12.8 Å². The van der Waals surface area contributed by atoms with Crippen molar-refractivity contribution in [2.75, 3.05) is 32.6 Å². The van der Waals surface area contributed by atoms with Crippen LogP contribution in [0.3, 0.4) is 0 Å². The normalized spacial score (nSPS) is 14.6. The molecule has 1 aliphatic heterocycles. The van der Waals surface area contributed by atoms with E-state index in [1.165, 1.54) is 36.7 Å². The molecule has 0 aliphatic carbocycles. The summed E-state index contributed by atoms with van der Waals surface area (Å²) in [5.41, 5.74) is 0.733. The van der Waals surface area contributed by atoms with Crippen LogP contribution in [0.1, 0.15) is 18.4 Å². The maximum Gasteiger partial charge on any atom is 0.243 e. The molecule has 0 atom stereocenters. The van der Waals surface area contributed by atoms with Gasteiger partial charge in [-0.05, 0) is 48.7 Å². The average Bonchev–Trinajstić information content (AvgIpc) is 3.25. The Bertz CT molecular complexity index is 1000. The number of sulfonamides is 1. The summed E-state index contributed by atoms with van der Waals surface area (Å²) in [5.74, 6) is 0.447. The van der Waals surface area contributed by atoms with E-state index in [0.29, 0.717) is 30.2 Å². The lowest BCUT2D eigenvalue weighted by Crippen LogP contribution is -2.28. The predicted octanol–water partition coefficient (Wildman–Crippen LogP) is 2.38. The molecule has 1 aliphatic rings. The first-order chi connectivity index (χ1) is 13.8. The van der Waals surface area contributed by atoms with Gasteiger partial charge in [-0.25, -0.2) is 8.42 Å². The van der Waals surface area contributed by atoms with Crippen LogP contribution < -0.4 is 14.8 Å².